The van der Waals surface area contributed by atoms with Gasteiger partial charge in [-0.2, -0.15) is 18.3 Å². The molecule has 1 aromatic heterocycles. The van der Waals surface area contributed by atoms with E-state index < -0.39 is 23.3 Å². The zero-order chi connectivity index (χ0) is 18.8. The maximum atomic E-state index is 12.9. The molecule has 0 saturated heterocycles. The number of hydrogen-bond acceptors (Lipinski definition) is 2. The summed E-state index contributed by atoms with van der Waals surface area (Å²) in [6.45, 7) is 7.99. The molecule has 1 amide bonds. The molecule has 2 rings (SSSR count). The molecule has 0 aliphatic rings. The van der Waals surface area contributed by atoms with Crippen LogP contribution in [0.1, 0.15) is 53.6 Å². The van der Waals surface area contributed by atoms with Gasteiger partial charge in [-0.1, -0.05) is 45.0 Å². The topological polar surface area (TPSA) is 57.8 Å². The van der Waals surface area contributed by atoms with Gasteiger partial charge in [0.2, 0.25) is 0 Å². The standard InChI is InChI=1S/C18H22F3N3O/c1-11-14(15(24-23-11)18(19,20)21)16(25)22-10-9-12-5-7-13(8-6-12)17(2,3)4/h5-8H,9-10H2,1-4H3,(H,22,25)(H,23,24). The van der Waals surface area contributed by atoms with Crippen molar-refractivity contribution >= 4 is 5.91 Å². The number of hydrogen-bond donors (Lipinski definition) is 2. The highest BCUT2D eigenvalue weighted by Gasteiger charge is 2.39. The second kappa shape index (κ2) is 6.90. The molecule has 136 valence electrons. The fraction of sp³-hybridized carbons (Fsp3) is 0.444. The van der Waals surface area contributed by atoms with Crippen LogP contribution >= 0.6 is 0 Å². The predicted molar refractivity (Wildman–Crippen MR) is 89.5 cm³/mol. The fourth-order valence-electron chi connectivity index (χ4n) is 2.49. The van der Waals surface area contributed by atoms with Crippen molar-refractivity contribution in [3.63, 3.8) is 0 Å². The Balaban J connectivity index is 1.99. The SMILES string of the molecule is Cc1[nH]nc(C(F)(F)F)c1C(=O)NCCc1ccc(C(C)(C)C)cc1. The Kier molecular flexibility index (Phi) is 5.25. The van der Waals surface area contributed by atoms with Gasteiger partial charge in [0, 0.05) is 12.2 Å². The molecule has 0 saturated carbocycles. The number of H-pyrrole nitrogens is 1. The van der Waals surface area contributed by atoms with Crippen LogP contribution in [0.3, 0.4) is 0 Å². The van der Waals surface area contributed by atoms with Gasteiger partial charge >= 0.3 is 6.18 Å². The Morgan fingerprint density at radius 1 is 1.16 bits per heavy atom. The number of rotatable bonds is 4. The van der Waals surface area contributed by atoms with Crippen LogP contribution < -0.4 is 5.32 Å². The van der Waals surface area contributed by atoms with Gasteiger partial charge in [-0.05, 0) is 29.9 Å². The number of carbonyl (C=O) groups excluding carboxylic acids is 1. The minimum Gasteiger partial charge on any atom is -0.352 e. The first kappa shape index (κ1) is 19.0. The van der Waals surface area contributed by atoms with E-state index in [4.69, 9.17) is 0 Å². The molecule has 1 aromatic carbocycles. The maximum absolute atomic E-state index is 12.9. The van der Waals surface area contributed by atoms with Crippen LogP contribution in [0.5, 0.6) is 0 Å². The highest BCUT2D eigenvalue weighted by molar-refractivity contribution is 5.96. The number of alkyl halides is 3. The van der Waals surface area contributed by atoms with Gasteiger partial charge in [-0.15, -0.1) is 0 Å². The largest absolute Gasteiger partial charge is 0.435 e. The second-order valence-corrected chi connectivity index (χ2v) is 7.02. The van der Waals surface area contributed by atoms with Gasteiger partial charge < -0.3 is 5.32 Å². The first-order chi connectivity index (χ1) is 11.5. The van der Waals surface area contributed by atoms with Crippen LogP contribution in [-0.2, 0) is 18.0 Å². The monoisotopic (exact) mass is 353 g/mol. The molecule has 25 heavy (non-hydrogen) atoms. The number of halogens is 3. The van der Waals surface area contributed by atoms with Crippen molar-refractivity contribution in [2.24, 2.45) is 0 Å². The second-order valence-electron chi connectivity index (χ2n) is 7.02. The zero-order valence-corrected chi connectivity index (χ0v) is 14.7. The first-order valence-corrected chi connectivity index (χ1v) is 8.00. The summed E-state index contributed by atoms with van der Waals surface area (Å²) in [4.78, 5) is 12.1. The number of aryl methyl sites for hydroxylation is 1. The molecule has 0 radical (unpaired) electrons. The third-order valence-corrected chi connectivity index (χ3v) is 3.96. The summed E-state index contributed by atoms with van der Waals surface area (Å²) in [5, 5.41) is 7.95. The smallest absolute Gasteiger partial charge is 0.352 e. The molecule has 0 spiro atoms. The van der Waals surface area contributed by atoms with Gasteiger partial charge in [0.25, 0.3) is 5.91 Å². The number of aromatic nitrogens is 2. The third-order valence-electron chi connectivity index (χ3n) is 3.96. The third kappa shape index (κ3) is 4.61. The van der Waals surface area contributed by atoms with Crippen molar-refractivity contribution in [3.05, 3.63) is 52.3 Å². The molecule has 2 aromatic rings. The average molecular weight is 353 g/mol. The Labute approximate surface area is 144 Å². The number of carbonyl (C=O) groups is 1. The lowest BCUT2D eigenvalue weighted by Crippen LogP contribution is -2.28. The molecule has 0 aliphatic carbocycles. The summed E-state index contributed by atoms with van der Waals surface area (Å²) in [6.07, 6.45) is -4.13. The van der Waals surface area contributed by atoms with E-state index in [-0.39, 0.29) is 17.7 Å². The number of nitrogens with zero attached hydrogens (tertiary/aromatic N) is 1. The minimum atomic E-state index is -4.67. The van der Waals surface area contributed by atoms with Crippen molar-refractivity contribution in [3.8, 4) is 0 Å². The van der Waals surface area contributed by atoms with Crippen LogP contribution in [-0.4, -0.2) is 22.6 Å². The molecule has 0 atom stereocenters. The van der Waals surface area contributed by atoms with Gasteiger partial charge in [-0.3, -0.25) is 9.89 Å². The quantitative estimate of drug-likeness (QED) is 0.873. The molecule has 0 fully saturated rings. The summed E-state index contributed by atoms with van der Waals surface area (Å²) in [5.74, 6) is -0.773. The van der Waals surface area contributed by atoms with Gasteiger partial charge in [0.05, 0.1) is 5.56 Å². The molecule has 1 heterocycles. The lowest BCUT2D eigenvalue weighted by atomic mass is 9.86. The number of aromatic amines is 1. The number of nitrogens with one attached hydrogen (secondary N) is 2. The van der Waals surface area contributed by atoms with Gasteiger partial charge in [0.1, 0.15) is 0 Å². The molecule has 2 N–H and O–H groups in total. The van der Waals surface area contributed by atoms with E-state index in [9.17, 15) is 18.0 Å². The predicted octanol–water partition coefficient (Wildman–Crippen LogP) is 4.01. The highest BCUT2D eigenvalue weighted by Crippen LogP contribution is 2.31. The Morgan fingerprint density at radius 2 is 1.76 bits per heavy atom. The molecular formula is C18H22F3N3O. The lowest BCUT2D eigenvalue weighted by molar-refractivity contribution is -0.141. The molecular weight excluding hydrogens is 331 g/mol. The van der Waals surface area contributed by atoms with Gasteiger partial charge in [0.15, 0.2) is 5.69 Å². The first-order valence-electron chi connectivity index (χ1n) is 8.00. The summed E-state index contributed by atoms with van der Waals surface area (Å²) in [7, 11) is 0. The normalized spacial score (nSPS) is 12.3. The van der Waals surface area contributed by atoms with E-state index >= 15 is 0 Å². The molecule has 0 unspecified atom stereocenters. The van der Waals surface area contributed by atoms with E-state index in [1.165, 1.54) is 12.5 Å². The summed E-state index contributed by atoms with van der Waals surface area (Å²) >= 11 is 0. The molecule has 7 heteroatoms. The van der Waals surface area contributed by atoms with Crippen LogP contribution in [0.2, 0.25) is 0 Å². The van der Waals surface area contributed by atoms with Crippen LogP contribution in [0, 0.1) is 6.92 Å². The maximum Gasteiger partial charge on any atom is 0.435 e. The van der Waals surface area contributed by atoms with Crippen LogP contribution in [0.25, 0.3) is 0 Å². The van der Waals surface area contributed by atoms with Crippen molar-refractivity contribution < 1.29 is 18.0 Å². The van der Waals surface area contributed by atoms with Crippen molar-refractivity contribution in [1.82, 2.24) is 15.5 Å². The van der Waals surface area contributed by atoms with E-state index in [2.05, 4.69) is 36.3 Å². The Bertz CT molecular complexity index is 740. The lowest BCUT2D eigenvalue weighted by Gasteiger charge is -2.19. The van der Waals surface area contributed by atoms with E-state index in [1.807, 2.05) is 24.3 Å². The Hall–Kier alpha value is -2.31. The van der Waals surface area contributed by atoms with Crippen LogP contribution in [0.15, 0.2) is 24.3 Å². The van der Waals surface area contributed by atoms with E-state index in [1.54, 1.807) is 0 Å². The zero-order valence-electron chi connectivity index (χ0n) is 14.7. The van der Waals surface area contributed by atoms with E-state index in [0.29, 0.717) is 6.42 Å². The Morgan fingerprint density at radius 3 is 2.28 bits per heavy atom. The summed E-state index contributed by atoms with van der Waals surface area (Å²) in [6, 6.07) is 7.99. The number of amides is 1. The van der Waals surface area contributed by atoms with E-state index in [0.717, 1.165) is 5.56 Å². The average Bonchev–Trinajstić information content (AvgIpc) is 2.88. The molecule has 4 nitrogen and oxygen atoms in total. The highest BCUT2D eigenvalue weighted by atomic mass is 19.4. The minimum absolute atomic E-state index is 0.0551. The summed E-state index contributed by atoms with van der Waals surface area (Å²) < 4.78 is 38.6. The number of benzene rings is 1. The van der Waals surface area contributed by atoms with Crippen molar-refractivity contribution in [2.75, 3.05) is 6.54 Å². The fourth-order valence-corrected chi connectivity index (χ4v) is 2.49. The van der Waals surface area contributed by atoms with Crippen molar-refractivity contribution in [2.45, 2.75) is 45.7 Å². The summed E-state index contributed by atoms with van der Waals surface area (Å²) in [5.41, 5.74) is 0.726. The van der Waals surface area contributed by atoms with Gasteiger partial charge in [-0.25, -0.2) is 0 Å². The molecule has 0 aliphatic heterocycles. The molecule has 0 bridgehead atoms. The van der Waals surface area contributed by atoms with Crippen molar-refractivity contribution in [1.29, 1.82) is 0 Å². The van der Waals surface area contributed by atoms with Crippen LogP contribution in [0.4, 0.5) is 13.2 Å².